The van der Waals surface area contributed by atoms with E-state index in [9.17, 15) is 13.2 Å². The average Bonchev–Trinajstić information content (AvgIpc) is 3.11. The number of nitrogens with two attached hydrogens (primary N) is 1. The molecule has 3 N–H and O–H groups in total. The van der Waals surface area contributed by atoms with Gasteiger partial charge < -0.3 is 15.8 Å². The van der Waals surface area contributed by atoms with E-state index in [1.54, 1.807) is 0 Å². The highest BCUT2D eigenvalue weighted by Crippen LogP contribution is 2.30. The van der Waals surface area contributed by atoms with Crippen LogP contribution in [0.25, 0.3) is 0 Å². The van der Waals surface area contributed by atoms with Gasteiger partial charge in [0.2, 0.25) is 5.91 Å². The smallest absolute Gasteiger partial charge is 0.243 e. The first-order valence-corrected chi connectivity index (χ1v) is 7.97. The normalized spacial score (nSPS) is 17.3. The minimum Gasteiger partial charge on any atom is -0.409 e. The fourth-order valence-electron chi connectivity index (χ4n) is 1.63. The maximum atomic E-state index is 12.4. The van der Waals surface area contributed by atoms with Gasteiger partial charge in [-0.1, -0.05) is 5.16 Å². The summed E-state index contributed by atoms with van der Waals surface area (Å²) >= 11 is 0. The Hall–Kier alpha value is -1.31. The lowest BCUT2D eigenvalue weighted by Crippen LogP contribution is -2.51. The second-order valence-electron chi connectivity index (χ2n) is 5.35. The first kappa shape index (κ1) is 15.7. The summed E-state index contributed by atoms with van der Waals surface area (Å²) in [5.41, 5.74) is 5.38. The number of amidine groups is 1. The third kappa shape index (κ3) is 3.59. The quantitative estimate of drug-likeness (QED) is 0.308. The standard InChI is InChI=1S/C11H21N3O4S/c1-11(2,19(3,17)18)10(15)14(8-4-5-8)7-6-9(12)13-16/h8,16H,4-7H2,1-3H3,(H2,12,13). The molecule has 0 aromatic heterocycles. The average molecular weight is 291 g/mol. The predicted octanol–water partition coefficient (Wildman–Crippen LogP) is -0.0629. The van der Waals surface area contributed by atoms with Gasteiger partial charge in [0.05, 0.1) is 0 Å². The Kier molecular flexibility index (Phi) is 4.44. The van der Waals surface area contributed by atoms with Crippen LogP contribution in [-0.4, -0.2) is 53.9 Å². The molecule has 0 aromatic rings. The van der Waals surface area contributed by atoms with Crippen molar-refractivity contribution in [3.05, 3.63) is 0 Å². The van der Waals surface area contributed by atoms with Gasteiger partial charge in [0.1, 0.15) is 10.6 Å². The minimum absolute atomic E-state index is 0.0237. The van der Waals surface area contributed by atoms with Crippen molar-refractivity contribution in [1.29, 1.82) is 0 Å². The van der Waals surface area contributed by atoms with Gasteiger partial charge >= 0.3 is 0 Å². The van der Waals surface area contributed by atoms with Crippen LogP contribution < -0.4 is 5.73 Å². The summed E-state index contributed by atoms with van der Waals surface area (Å²) in [6.45, 7) is 3.07. The van der Waals surface area contributed by atoms with Gasteiger partial charge in [-0.2, -0.15) is 0 Å². The van der Waals surface area contributed by atoms with Crippen molar-refractivity contribution >= 4 is 21.6 Å². The molecular formula is C11H21N3O4S. The van der Waals surface area contributed by atoms with Gasteiger partial charge in [0.25, 0.3) is 0 Å². The zero-order chi connectivity index (χ0) is 14.8. The molecule has 0 aliphatic heterocycles. The number of rotatable bonds is 6. The summed E-state index contributed by atoms with van der Waals surface area (Å²) in [5.74, 6) is -0.404. The highest BCUT2D eigenvalue weighted by atomic mass is 32.2. The summed E-state index contributed by atoms with van der Waals surface area (Å²) in [7, 11) is -3.50. The van der Waals surface area contributed by atoms with E-state index in [1.807, 2.05) is 0 Å². The Bertz CT molecular complexity index is 480. The molecule has 0 unspecified atom stereocenters. The predicted molar refractivity (Wildman–Crippen MR) is 71.7 cm³/mol. The van der Waals surface area contributed by atoms with Gasteiger partial charge in [-0.25, -0.2) is 8.42 Å². The van der Waals surface area contributed by atoms with Gasteiger partial charge in [0.15, 0.2) is 9.84 Å². The molecule has 0 saturated heterocycles. The largest absolute Gasteiger partial charge is 0.409 e. The van der Waals surface area contributed by atoms with Gasteiger partial charge in [-0.15, -0.1) is 0 Å². The molecule has 110 valence electrons. The van der Waals surface area contributed by atoms with E-state index >= 15 is 0 Å². The van der Waals surface area contributed by atoms with Crippen LogP contribution in [0.3, 0.4) is 0 Å². The van der Waals surface area contributed by atoms with Gasteiger partial charge in [0, 0.05) is 25.3 Å². The first-order chi connectivity index (χ1) is 8.61. The molecule has 0 aromatic carbocycles. The molecule has 1 aliphatic carbocycles. The van der Waals surface area contributed by atoms with Crippen LogP contribution >= 0.6 is 0 Å². The SMILES string of the molecule is CC(C)(C(=O)N(CCC(N)=NO)C1CC1)S(C)(=O)=O. The second-order valence-corrected chi connectivity index (χ2v) is 7.92. The number of oxime groups is 1. The second kappa shape index (κ2) is 5.36. The number of nitrogens with zero attached hydrogens (tertiary/aromatic N) is 2. The van der Waals surface area contributed by atoms with Gasteiger partial charge in [-0.05, 0) is 26.7 Å². The van der Waals surface area contributed by atoms with Crippen LogP contribution in [0.15, 0.2) is 5.16 Å². The third-order valence-corrected chi connectivity index (χ3v) is 5.46. The van der Waals surface area contributed by atoms with Crippen LogP contribution in [0.1, 0.15) is 33.1 Å². The molecule has 1 amide bonds. The minimum atomic E-state index is -3.50. The molecule has 7 nitrogen and oxygen atoms in total. The Morgan fingerprint density at radius 1 is 1.47 bits per heavy atom. The van der Waals surface area contributed by atoms with Crippen LogP contribution in [0.5, 0.6) is 0 Å². The molecule has 1 aliphatic rings. The third-order valence-electron chi connectivity index (χ3n) is 3.43. The molecule has 0 spiro atoms. The lowest BCUT2D eigenvalue weighted by atomic mass is 10.1. The maximum absolute atomic E-state index is 12.4. The number of hydrogen-bond acceptors (Lipinski definition) is 5. The molecule has 1 saturated carbocycles. The molecule has 1 fully saturated rings. The highest BCUT2D eigenvalue weighted by Gasteiger charge is 2.45. The van der Waals surface area contributed by atoms with Crippen molar-refractivity contribution < 1.29 is 18.4 Å². The van der Waals surface area contributed by atoms with Gasteiger partial charge in [-0.3, -0.25) is 4.79 Å². The Labute approximate surface area is 113 Å². The summed E-state index contributed by atoms with van der Waals surface area (Å²) in [4.78, 5) is 13.9. The zero-order valence-corrected chi connectivity index (χ0v) is 12.3. The molecule has 0 bridgehead atoms. The Balaban J connectivity index is 2.85. The topological polar surface area (TPSA) is 113 Å². The van der Waals surface area contributed by atoms with Crippen molar-refractivity contribution in [2.75, 3.05) is 12.8 Å². The number of sulfone groups is 1. The molecule has 0 atom stereocenters. The monoisotopic (exact) mass is 291 g/mol. The zero-order valence-electron chi connectivity index (χ0n) is 11.5. The lowest BCUT2D eigenvalue weighted by Gasteiger charge is -2.30. The molecule has 1 rings (SSSR count). The van der Waals surface area contributed by atoms with Crippen LogP contribution in [0.4, 0.5) is 0 Å². The molecule has 19 heavy (non-hydrogen) atoms. The van der Waals surface area contributed by atoms with E-state index in [0.29, 0.717) is 0 Å². The van der Waals surface area contributed by atoms with E-state index in [4.69, 9.17) is 10.9 Å². The summed E-state index contributed by atoms with van der Waals surface area (Å²) in [6, 6.07) is 0.0695. The number of carbonyl (C=O) groups is 1. The summed E-state index contributed by atoms with van der Waals surface area (Å²) < 4.78 is 21.9. The summed E-state index contributed by atoms with van der Waals surface area (Å²) in [5, 5.41) is 11.3. The molecular weight excluding hydrogens is 270 g/mol. The maximum Gasteiger partial charge on any atom is 0.243 e. The number of carbonyl (C=O) groups excluding carboxylic acids is 1. The Morgan fingerprint density at radius 2 is 2.00 bits per heavy atom. The number of amides is 1. The molecule has 8 heteroatoms. The van der Waals surface area contributed by atoms with E-state index in [-0.39, 0.29) is 24.8 Å². The van der Waals surface area contributed by atoms with Crippen molar-refractivity contribution in [3.63, 3.8) is 0 Å². The number of hydrogen-bond donors (Lipinski definition) is 2. The van der Waals surface area contributed by atoms with E-state index < -0.39 is 20.5 Å². The van der Waals surface area contributed by atoms with Crippen LogP contribution in [-0.2, 0) is 14.6 Å². The van der Waals surface area contributed by atoms with E-state index in [2.05, 4.69) is 5.16 Å². The van der Waals surface area contributed by atoms with Crippen molar-refractivity contribution in [1.82, 2.24) is 4.90 Å². The van der Waals surface area contributed by atoms with Crippen molar-refractivity contribution in [2.45, 2.75) is 43.9 Å². The van der Waals surface area contributed by atoms with Crippen LogP contribution in [0.2, 0.25) is 0 Å². The summed E-state index contributed by atoms with van der Waals surface area (Å²) in [6.07, 6.45) is 3.00. The van der Waals surface area contributed by atoms with Crippen LogP contribution in [0, 0.1) is 0 Å². The van der Waals surface area contributed by atoms with Crippen molar-refractivity contribution in [3.8, 4) is 0 Å². The first-order valence-electron chi connectivity index (χ1n) is 6.08. The fourth-order valence-corrected chi connectivity index (χ4v) is 2.06. The molecule has 0 heterocycles. The van der Waals surface area contributed by atoms with E-state index in [0.717, 1.165) is 19.1 Å². The fraction of sp³-hybridized carbons (Fsp3) is 0.818. The Morgan fingerprint density at radius 3 is 2.37 bits per heavy atom. The molecule has 0 radical (unpaired) electrons. The van der Waals surface area contributed by atoms with Crippen molar-refractivity contribution in [2.24, 2.45) is 10.9 Å². The highest BCUT2D eigenvalue weighted by molar-refractivity contribution is 7.92. The lowest BCUT2D eigenvalue weighted by molar-refractivity contribution is -0.133. The van der Waals surface area contributed by atoms with E-state index in [1.165, 1.54) is 18.7 Å².